The summed E-state index contributed by atoms with van der Waals surface area (Å²) in [6.45, 7) is 1.05. The minimum Gasteiger partial charge on any atom is -0.395 e. The summed E-state index contributed by atoms with van der Waals surface area (Å²) in [5.74, 6) is 0. The number of sulfonamides is 1. The van der Waals surface area contributed by atoms with E-state index < -0.39 is 10.0 Å². The quantitative estimate of drug-likeness (QED) is 0.550. The van der Waals surface area contributed by atoms with E-state index in [0.29, 0.717) is 25.2 Å². The van der Waals surface area contributed by atoms with Crippen LogP contribution in [0.2, 0.25) is 0 Å². The molecule has 104 valence electrons. The lowest BCUT2D eigenvalue weighted by Gasteiger charge is -2.09. The molecule has 0 radical (unpaired) electrons. The van der Waals surface area contributed by atoms with Crippen LogP contribution in [0, 0.1) is 0 Å². The van der Waals surface area contributed by atoms with Crippen LogP contribution >= 0.6 is 11.3 Å². The second-order valence-electron chi connectivity index (χ2n) is 4.17. The lowest BCUT2D eigenvalue weighted by atomic mass is 10.2. The lowest BCUT2D eigenvalue weighted by molar-refractivity contribution is 0.586. The van der Waals surface area contributed by atoms with Crippen molar-refractivity contribution in [1.29, 1.82) is 0 Å². The molecule has 0 bridgehead atoms. The third-order valence-corrected chi connectivity index (χ3v) is 4.10. The predicted octanol–water partition coefficient (Wildman–Crippen LogP) is 1.23. The third kappa shape index (κ3) is 3.79. The summed E-state index contributed by atoms with van der Waals surface area (Å²) in [7, 11) is -3.11. The average Bonchev–Trinajstić information content (AvgIpc) is 2.79. The van der Waals surface area contributed by atoms with Crippen LogP contribution in [-0.4, -0.2) is 32.7 Å². The first-order chi connectivity index (χ1) is 8.97. The standard InChI is InChI=1S/C11H16N4O2S2/c1-19(16,17)15-6-2-5-13-8-3-4-9-11(10(8)12)14-7-18-9/h3-4,7,13,15H,2,5-6,12H2,1H3. The van der Waals surface area contributed by atoms with Crippen molar-refractivity contribution in [3.05, 3.63) is 17.6 Å². The molecule has 6 nitrogen and oxygen atoms in total. The van der Waals surface area contributed by atoms with Gasteiger partial charge in [0.2, 0.25) is 10.0 Å². The topological polar surface area (TPSA) is 97.1 Å². The molecule has 0 amide bonds. The number of hydrogen-bond donors (Lipinski definition) is 3. The fraction of sp³-hybridized carbons (Fsp3) is 0.364. The summed E-state index contributed by atoms with van der Waals surface area (Å²) >= 11 is 1.55. The van der Waals surface area contributed by atoms with Crippen molar-refractivity contribution >= 4 is 43.0 Å². The van der Waals surface area contributed by atoms with Gasteiger partial charge in [-0.2, -0.15) is 0 Å². The molecule has 0 unspecified atom stereocenters. The minimum absolute atomic E-state index is 0.407. The van der Waals surface area contributed by atoms with Gasteiger partial charge in [-0.1, -0.05) is 0 Å². The van der Waals surface area contributed by atoms with Crippen molar-refractivity contribution in [3.8, 4) is 0 Å². The molecule has 0 aliphatic rings. The number of nitrogens with two attached hydrogens (primary N) is 1. The highest BCUT2D eigenvalue weighted by Crippen LogP contribution is 2.29. The maximum Gasteiger partial charge on any atom is 0.208 e. The van der Waals surface area contributed by atoms with Gasteiger partial charge in [0.15, 0.2) is 0 Å². The van der Waals surface area contributed by atoms with Crippen LogP contribution in [0.5, 0.6) is 0 Å². The summed E-state index contributed by atoms with van der Waals surface area (Å²) in [5.41, 5.74) is 10.1. The number of anilines is 2. The highest BCUT2D eigenvalue weighted by molar-refractivity contribution is 7.88. The number of hydrogen-bond acceptors (Lipinski definition) is 6. The number of aromatic nitrogens is 1. The second kappa shape index (κ2) is 5.72. The Morgan fingerprint density at radius 3 is 2.89 bits per heavy atom. The van der Waals surface area contributed by atoms with E-state index >= 15 is 0 Å². The van der Waals surface area contributed by atoms with Gasteiger partial charge in [0.25, 0.3) is 0 Å². The van der Waals surface area contributed by atoms with Gasteiger partial charge >= 0.3 is 0 Å². The van der Waals surface area contributed by atoms with E-state index in [-0.39, 0.29) is 0 Å². The number of nitrogen functional groups attached to an aromatic ring is 1. The number of benzene rings is 1. The van der Waals surface area contributed by atoms with Crippen LogP contribution in [0.4, 0.5) is 11.4 Å². The van der Waals surface area contributed by atoms with Crippen molar-refractivity contribution in [2.75, 3.05) is 30.4 Å². The van der Waals surface area contributed by atoms with Crippen molar-refractivity contribution < 1.29 is 8.42 Å². The Bertz CT molecular complexity index is 666. The highest BCUT2D eigenvalue weighted by atomic mass is 32.2. The van der Waals surface area contributed by atoms with Gasteiger partial charge < -0.3 is 11.1 Å². The maximum absolute atomic E-state index is 10.9. The zero-order chi connectivity index (χ0) is 13.9. The van der Waals surface area contributed by atoms with E-state index in [1.165, 1.54) is 0 Å². The fourth-order valence-corrected chi connectivity index (χ4v) is 2.88. The SMILES string of the molecule is CS(=O)(=O)NCCCNc1ccc2scnc2c1N. The van der Waals surface area contributed by atoms with Crippen LogP contribution in [0.3, 0.4) is 0 Å². The largest absolute Gasteiger partial charge is 0.395 e. The van der Waals surface area contributed by atoms with Gasteiger partial charge in [-0.05, 0) is 18.6 Å². The van der Waals surface area contributed by atoms with E-state index in [2.05, 4.69) is 15.0 Å². The second-order valence-corrected chi connectivity index (χ2v) is 6.89. The minimum atomic E-state index is -3.11. The Morgan fingerprint density at radius 1 is 1.37 bits per heavy atom. The summed E-state index contributed by atoms with van der Waals surface area (Å²) in [6.07, 6.45) is 1.83. The van der Waals surface area contributed by atoms with E-state index in [1.807, 2.05) is 12.1 Å². The molecule has 8 heteroatoms. The Morgan fingerprint density at radius 2 is 2.16 bits per heavy atom. The third-order valence-electron chi connectivity index (χ3n) is 2.57. The Labute approximate surface area is 116 Å². The molecule has 1 aromatic heterocycles. The first-order valence-electron chi connectivity index (χ1n) is 5.77. The molecule has 1 aromatic carbocycles. The normalized spacial score (nSPS) is 11.8. The summed E-state index contributed by atoms with van der Waals surface area (Å²) in [5, 5.41) is 3.19. The lowest BCUT2D eigenvalue weighted by Crippen LogP contribution is -2.24. The number of fused-ring (bicyclic) bond motifs is 1. The summed E-state index contributed by atoms with van der Waals surface area (Å²) < 4.78 is 25.2. The summed E-state index contributed by atoms with van der Waals surface area (Å²) in [6, 6.07) is 3.89. The van der Waals surface area contributed by atoms with Crippen LogP contribution in [0.15, 0.2) is 17.6 Å². The van der Waals surface area contributed by atoms with E-state index in [1.54, 1.807) is 16.8 Å². The van der Waals surface area contributed by atoms with Crippen molar-refractivity contribution in [2.45, 2.75) is 6.42 Å². The van der Waals surface area contributed by atoms with Crippen LogP contribution in [-0.2, 0) is 10.0 Å². The van der Waals surface area contributed by atoms with Gasteiger partial charge in [-0.15, -0.1) is 11.3 Å². The molecule has 19 heavy (non-hydrogen) atoms. The number of thiazole rings is 1. The Kier molecular flexibility index (Phi) is 4.23. The summed E-state index contributed by atoms with van der Waals surface area (Å²) in [4.78, 5) is 4.22. The number of nitrogens with one attached hydrogen (secondary N) is 2. The van der Waals surface area contributed by atoms with Gasteiger partial charge in [0.1, 0.15) is 5.52 Å². The van der Waals surface area contributed by atoms with Crippen molar-refractivity contribution in [2.24, 2.45) is 0 Å². The molecule has 0 aliphatic heterocycles. The van der Waals surface area contributed by atoms with Gasteiger partial charge in [-0.3, -0.25) is 0 Å². The zero-order valence-electron chi connectivity index (χ0n) is 10.5. The monoisotopic (exact) mass is 300 g/mol. The Hall–Kier alpha value is -1.38. The van der Waals surface area contributed by atoms with Crippen LogP contribution in [0.1, 0.15) is 6.42 Å². The van der Waals surface area contributed by atoms with Crippen molar-refractivity contribution in [3.63, 3.8) is 0 Å². The number of rotatable bonds is 6. The molecule has 2 rings (SSSR count). The molecule has 0 saturated carbocycles. The van der Waals surface area contributed by atoms with E-state index in [4.69, 9.17) is 5.73 Å². The van der Waals surface area contributed by atoms with Gasteiger partial charge in [0.05, 0.1) is 27.8 Å². The molecule has 4 N–H and O–H groups in total. The van der Waals surface area contributed by atoms with Crippen molar-refractivity contribution in [1.82, 2.24) is 9.71 Å². The average molecular weight is 300 g/mol. The highest BCUT2D eigenvalue weighted by Gasteiger charge is 2.06. The van der Waals surface area contributed by atoms with Gasteiger partial charge in [-0.25, -0.2) is 18.1 Å². The van der Waals surface area contributed by atoms with Crippen LogP contribution < -0.4 is 15.8 Å². The maximum atomic E-state index is 10.9. The first-order valence-corrected chi connectivity index (χ1v) is 8.54. The predicted molar refractivity (Wildman–Crippen MR) is 80.0 cm³/mol. The molecule has 0 spiro atoms. The fourth-order valence-electron chi connectivity index (χ4n) is 1.68. The smallest absolute Gasteiger partial charge is 0.208 e. The molecule has 0 saturated heterocycles. The molecule has 0 atom stereocenters. The van der Waals surface area contributed by atoms with Crippen LogP contribution in [0.25, 0.3) is 10.2 Å². The Balaban J connectivity index is 1.89. The molecule has 2 aromatic rings. The molecule has 0 fully saturated rings. The first kappa shape index (κ1) is 14.0. The zero-order valence-corrected chi connectivity index (χ0v) is 12.1. The molecule has 0 aliphatic carbocycles. The van der Waals surface area contributed by atoms with Gasteiger partial charge in [0, 0.05) is 13.1 Å². The van der Waals surface area contributed by atoms with E-state index in [0.717, 1.165) is 22.2 Å². The molecule has 1 heterocycles. The van der Waals surface area contributed by atoms with E-state index in [9.17, 15) is 8.42 Å². The molecular weight excluding hydrogens is 284 g/mol. The number of nitrogens with zero attached hydrogens (tertiary/aromatic N) is 1. The molecular formula is C11H16N4O2S2.